The van der Waals surface area contributed by atoms with E-state index in [1.54, 1.807) is 53.3 Å². The fourth-order valence-corrected chi connectivity index (χ4v) is 11.7. The van der Waals surface area contributed by atoms with Crippen LogP contribution < -0.4 is 10.2 Å². The number of carbonyl (C=O) groups excluding carboxylic acids is 2. The predicted octanol–water partition coefficient (Wildman–Crippen LogP) is 7.90. The van der Waals surface area contributed by atoms with Crippen LogP contribution in [0.5, 0.6) is 5.75 Å². The molecule has 1 aliphatic carbocycles. The van der Waals surface area contributed by atoms with Crippen molar-refractivity contribution in [3.8, 4) is 38.7 Å². The Morgan fingerprint density at radius 1 is 0.905 bits per heavy atom. The molecule has 0 unspecified atom stereocenters. The van der Waals surface area contributed by atoms with E-state index >= 15 is 0 Å². The largest absolute Gasteiger partial charge is 0.507 e. The van der Waals surface area contributed by atoms with Gasteiger partial charge in [-0.1, -0.05) is 55.4 Å². The minimum absolute atomic E-state index is 0.0489. The summed E-state index contributed by atoms with van der Waals surface area (Å²) in [6.45, 7) is 8.67. The van der Waals surface area contributed by atoms with Crippen molar-refractivity contribution >= 4 is 50.7 Å². The van der Waals surface area contributed by atoms with Gasteiger partial charge in [0.15, 0.2) is 0 Å². The Morgan fingerprint density at radius 2 is 1.70 bits per heavy atom. The number of thiazole rings is 1. The molecule has 5 aromatic heterocycles. The quantitative estimate of drug-likeness (QED) is 0.114. The number of aromatic nitrogens is 6. The van der Waals surface area contributed by atoms with Gasteiger partial charge in [0.05, 0.1) is 33.9 Å². The van der Waals surface area contributed by atoms with Gasteiger partial charge in [0.25, 0.3) is 0 Å². The SMILES string of the molecule is Cc1ncsc1-c1ccc([C@H](C)NC(=O)[C@@H]2C[C@@H](O)CN2C(=O)[C@@H](c2cc(-c3cnc(N4C[C@H]5C[C@@H]4C[C@@H]5c4cc5cc(-c6ccccc6O)nnc5s4)nc3)no2)C(C)C)cc1. The fraction of sp³-hybridized carbons (Fsp3) is 0.362. The number of hydrogen-bond acceptors (Lipinski definition) is 14. The Morgan fingerprint density at radius 3 is 2.41 bits per heavy atom. The first-order valence-corrected chi connectivity index (χ1v) is 23.1. The van der Waals surface area contributed by atoms with Gasteiger partial charge >= 0.3 is 0 Å². The number of rotatable bonds is 11. The predicted molar refractivity (Wildman–Crippen MR) is 241 cm³/mol. The number of fused-ring (bicyclic) bond motifs is 3. The van der Waals surface area contributed by atoms with Crippen LogP contribution in [0.3, 0.4) is 0 Å². The highest BCUT2D eigenvalue weighted by Gasteiger charge is 2.47. The molecular formula is C47H47N9O5S2. The van der Waals surface area contributed by atoms with Crippen molar-refractivity contribution in [3.05, 3.63) is 107 Å². The third kappa shape index (κ3) is 7.73. The van der Waals surface area contributed by atoms with Crippen LogP contribution in [0.2, 0.25) is 0 Å². The molecule has 16 heteroatoms. The number of aliphatic hydroxyl groups excluding tert-OH is 1. The molecule has 7 atom stereocenters. The van der Waals surface area contributed by atoms with Crippen molar-refractivity contribution in [1.29, 1.82) is 0 Å². The number of para-hydroxylation sites is 1. The third-order valence-electron chi connectivity index (χ3n) is 13.0. The standard InChI is InChI=1S/C47H47N9O5S2/c1-24(2)42(46(60)56-22-33(57)17-38(56)44(59)51-25(3)27-9-11-28(12-10-27)43-26(4)50-23-62-43)40-18-36(54-61-40)31-19-48-47(49-20-31)55-21-30-13-32(55)16-35(30)41-15-29-14-37(52-53-45(29)63-41)34-7-5-6-8-39(34)58/h5-12,14-15,18-20,23-25,30,32-33,35,38,42,57-58H,13,16-17,21-22H2,1-4H3,(H,51,59)/t25-,30+,32+,33+,35-,38-,42+/m0/s1. The lowest BCUT2D eigenvalue weighted by Crippen LogP contribution is -2.48. The van der Waals surface area contributed by atoms with Gasteiger partial charge in [0, 0.05) is 65.4 Å². The van der Waals surface area contributed by atoms with E-state index in [-0.39, 0.29) is 42.5 Å². The summed E-state index contributed by atoms with van der Waals surface area (Å²) in [5.41, 5.74) is 7.31. The topological polar surface area (TPSA) is 184 Å². The van der Waals surface area contributed by atoms with Gasteiger partial charge < -0.3 is 29.9 Å². The van der Waals surface area contributed by atoms with Crippen LogP contribution in [0.4, 0.5) is 5.95 Å². The fourth-order valence-electron chi connectivity index (χ4n) is 9.71. The van der Waals surface area contributed by atoms with Crippen molar-refractivity contribution < 1.29 is 24.3 Å². The number of carbonyl (C=O) groups is 2. The first-order chi connectivity index (χ1) is 30.5. The maximum atomic E-state index is 14.3. The monoisotopic (exact) mass is 881 g/mol. The molecule has 1 saturated carbocycles. The molecule has 3 aliphatic rings. The molecule has 0 radical (unpaired) electrons. The van der Waals surface area contributed by atoms with E-state index in [4.69, 9.17) is 14.5 Å². The van der Waals surface area contributed by atoms with Gasteiger partial charge in [0.1, 0.15) is 34.0 Å². The van der Waals surface area contributed by atoms with Crippen molar-refractivity contribution in [1.82, 2.24) is 40.5 Å². The van der Waals surface area contributed by atoms with Crippen LogP contribution in [-0.2, 0) is 9.59 Å². The number of β-amino-alcohol motifs (C(OH)–C–C–N with tert-alkyl or cyclic N) is 1. The number of hydrogen-bond donors (Lipinski definition) is 3. The van der Waals surface area contributed by atoms with E-state index in [9.17, 15) is 19.8 Å². The number of phenolic OH excluding ortho intramolecular Hbond substituents is 1. The summed E-state index contributed by atoms with van der Waals surface area (Å²) in [6.07, 6.45) is 4.87. The summed E-state index contributed by atoms with van der Waals surface area (Å²) in [7, 11) is 0. The molecule has 10 rings (SSSR count). The second-order valence-corrected chi connectivity index (χ2v) is 19.3. The number of nitrogens with zero attached hydrogens (tertiary/aromatic N) is 8. The Labute approximate surface area is 372 Å². The summed E-state index contributed by atoms with van der Waals surface area (Å²) in [6, 6.07) is 20.4. The van der Waals surface area contributed by atoms with Crippen LogP contribution in [-0.4, -0.2) is 88.5 Å². The highest BCUT2D eigenvalue weighted by molar-refractivity contribution is 7.18. The number of aryl methyl sites for hydroxylation is 1. The average molecular weight is 882 g/mol. The number of nitrogens with one attached hydrogen (secondary N) is 1. The van der Waals surface area contributed by atoms with E-state index in [0.717, 1.165) is 51.3 Å². The van der Waals surface area contributed by atoms with E-state index in [2.05, 4.69) is 36.6 Å². The average Bonchev–Trinajstić information content (AvgIpc) is 4.16. The minimum atomic E-state index is -0.835. The third-order valence-corrected chi connectivity index (χ3v) is 15.1. The zero-order valence-corrected chi connectivity index (χ0v) is 36.9. The normalized spacial score (nSPS) is 21.7. The molecular weight excluding hydrogens is 835 g/mol. The van der Waals surface area contributed by atoms with Crippen LogP contribution in [0.1, 0.15) is 79.8 Å². The number of anilines is 1. The number of aliphatic hydroxyl groups is 1. The Bertz CT molecular complexity index is 2810. The number of aromatic hydroxyl groups is 1. The lowest BCUT2D eigenvalue weighted by atomic mass is 9.91. The van der Waals surface area contributed by atoms with Crippen LogP contribution in [0.15, 0.2) is 89.2 Å². The lowest BCUT2D eigenvalue weighted by Gasteiger charge is -2.31. The Kier molecular flexibility index (Phi) is 10.8. The van der Waals surface area contributed by atoms with Crippen molar-refractivity contribution in [2.45, 2.75) is 83.0 Å². The summed E-state index contributed by atoms with van der Waals surface area (Å²) in [5, 5.41) is 38.4. The molecule has 2 saturated heterocycles. The maximum Gasteiger partial charge on any atom is 0.243 e. The van der Waals surface area contributed by atoms with E-state index in [1.807, 2.05) is 75.7 Å². The summed E-state index contributed by atoms with van der Waals surface area (Å²) < 4.78 is 5.84. The molecule has 322 valence electrons. The molecule has 2 aliphatic heterocycles. The van der Waals surface area contributed by atoms with E-state index in [1.165, 1.54) is 9.78 Å². The van der Waals surface area contributed by atoms with Gasteiger partial charge in [0.2, 0.25) is 17.8 Å². The number of thiophene rings is 1. The molecule has 2 bridgehead atoms. The molecule has 0 spiro atoms. The second kappa shape index (κ2) is 16.5. The Balaban J connectivity index is 0.784. The molecule has 7 aromatic rings. The maximum absolute atomic E-state index is 14.3. The molecule has 3 N–H and O–H groups in total. The van der Waals surface area contributed by atoms with Crippen molar-refractivity contribution in [2.24, 2.45) is 11.8 Å². The summed E-state index contributed by atoms with van der Waals surface area (Å²) in [5.74, 6) is 0.594. The van der Waals surface area contributed by atoms with Gasteiger partial charge in [-0.25, -0.2) is 15.0 Å². The Hall–Kier alpha value is -6.10. The first kappa shape index (κ1) is 40.9. The highest BCUT2D eigenvalue weighted by Crippen LogP contribution is 2.50. The second-order valence-electron chi connectivity index (χ2n) is 17.4. The number of likely N-dealkylation sites (tertiary alicyclic amines) is 1. The number of piperidine rings is 1. The first-order valence-electron chi connectivity index (χ1n) is 21.4. The zero-order valence-electron chi connectivity index (χ0n) is 35.3. The minimum Gasteiger partial charge on any atom is -0.507 e. The van der Waals surface area contributed by atoms with Crippen LogP contribution in [0, 0.1) is 18.8 Å². The highest BCUT2D eigenvalue weighted by atomic mass is 32.1. The lowest BCUT2D eigenvalue weighted by molar-refractivity contribution is -0.141. The van der Waals surface area contributed by atoms with Gasteiger partial charge in [-0.05, 0) is 79.8 Å². The van der Waals surface area contributed by atoms with Gasteiger partial charge in [-0.2, -0.15) is 0 Å². The molecule has 2 aromatic carbocycles. The summed E-state index contributed by atoms with van der Waals surface area (Å²) >= 11 is 3.29. The zero-order chi connectivity index (χ0) is 43.5. The molecule has 3 fully saturated rings. The molecule has 2 amide bonds. The number of amides is 2. The number of phenols is 1. The van der Waals surface area contributed by atoms with Crippen molar-refractivity contribution in [2.75, 3.05) is 18.0 Å². The van der Waals surface area contributed by atoms with Crippen molar-refractivity contribution in [3.63, 3.8) is 0 Å². The number of benzene rings is 2. The molecule has 14 nitrogen and oxygen atoms in total. The van der Waals surface area contributed by atoms with E-state index in [0.29, 0.717) is 52.1 Å². The smallest absolute Gasteiger partial charge is 0.243 e. The van der Waals surface area contributed by atoms with Gasteiger partial charge in [-0.3, -0.25) is 9.59 Å². The van der Waals surface area contributed by atoms with Crippen LogP contribution in [0.25, 0.3) is 43.2 Å². The molecule has 63 heavy (non-hydrogen) atoms. The van der Waals surface area contributed by atoms with Crippen LogP contribution >= 0.6 is 22.7 Å². The van der Waals surface area contributed by atoms with E-state index < -0.39 is 18.1 Å². The summed E-state index contributed by atoms with van der Waals surface area (Å²) in [4.78, 5) is 49.1. The van der Waals surface area contributed by atoms with Gasteiger partial charge in [-0.15, -0.1) is 32.9 Å². The molecule has 7 heterocycles.